The molecule has 0 bridgehead atoms. The Balaban J connectivity index is 5.10. The standard InChI is InChI=1S/C15H29NO/c1-7-14(5,8-2)12(16)11-13(17)15(6,9-3)10-4/h11H,7-10,16H2,1-6H3/b12-11-. The third-order valence-corrected chi connectivity index (χ3v) is 4.70. The van der Waals surface area contributed by atoms with Crippen LogP contribution in [0.15, 0.2) is 11.8 Å². The molecule has 0 heterocycles. The van der Waals surface area contributed by atoms with E-state index in [0.29, 0.717) is 0 Å². The predicted molar refractivity (Wildman–Crippen MR) is 74.7 cm³/mol. The molecule has 2 N–H and O–H groups in total. The second-order valence-corrected chi connectivity index (χ2v) is 5.50. The third-order valence-electron chi connectivity index (χ3n) is 4.70. The first-order valence-corrected chi connectivity index (χ1v) is 6.81. The largest absolute Gasteiger partial charge is 0.401 e. The molecule has 0 unspecified atom stereocenters. The maximum Gasteiger partial charge on any atom is 0.163 e. The molecule has 0 atom stereocenters. The van der Waals surface area contributed by atoms with Crippen LogP contribution < -0.4 is 5.73 Å². The summed E-state index contributed by atoms with van der Waals surface area (Å²) >= 11 is 0. The molecule has 2 heteroatoms. The van der Waals surface area contributed by atoms with Gasteiger partial charge in [0.25, 0.3) is 0 Å². The summed E-state index contributed by atoms with van der Waals surface area (Å²) in [6, 6.07) is 0. The van der Waals surface area contributed by atoms with Crippen LogP contribution in [0.1, 0.15) is 67.2 Å². The lowest BCUT2D eigenvalue weighted by Gasteiger charge is -2.29. The molecule has 0 saturated carbocycles. The van der Waals surface area contributed by atoms with Gasteiger partial charge in [0.2, 0.25) is 0 Å². The summed E-state index contributed by atoms with van der Waals surface area (Å²) in [5, 5.41) is 0. The van der Waals surface area contributed by atoms with E-state index in [0.717, 1.165) is 31.4 Å². The third kappa shape index (κ3) is 3.58. The molecular formula is C15H29NO. The van der Waals surface area contributed by atoms with Crippen molar-refractivity contribution in [3.05, 3.63) is 11.8 Å². The second kappa shape index (κ2) is 6.23. The van der Waals surface area contributed by atoms with Gasteiger partial charge < -0.3 is 5.73 Å². The summed E-state index contributed by atoms with van der Waals surface area (Å²) in [6.07, 6.45) is 5.34. The van der Waals surface area contributed by atoms with E-state index in [4.69, 9.17) is 5.73 Å². The maximum atomic E-state index is 12.3. The highest BCUT2D eigenvalue weighted by molar-refractivity contribution is 5.95. The molecule has 2 nitrogen and oxygen atoms in total. The van der Waals surface area contributed by atoms with Gasteiger partial charge in [0.05, 0.1) is 0 Å². The average molecular weight is 239 g/mol. The Morgan fingerprint density at radius 1 is 0.941 bits per heavy atom. The van der Waals surface area contributed by atoms with Crippen LogP contribution in [0.2, 0.25) is 0 Å². The topological polar surface area (TPSA) is 43.1 Å². The molecule has 0 rings (SSSR count). The Morgan fingerprint density at radius 2 is 1.29 bits per heavy atom. The van der Waals surface area contributed by atoms with E-state index in [9.17, 15) is 4.79 Å². The van der Waals surface area contributed by atoms with E-state index in [1.165, 1.54) is 0 Å². The Labute approximate surface area is 107 Å². The lowest BCUT2D eigenvalue weighted by Crippen LogP contribution is -2.29. The second-order valence-electron chi connectivity index (χ2n) is 5.50. The summed E-state index contributed by atoms with van der Waals surface area (Å²) in [5.41, 5.74) is 6.56. The van der Waals surface area contributed by atoms with Gasteiger partial charge in [0.15, 0.2) is 5.78 Å². The number of nitrogens with two attached hydrogens (primary N) is 1. The molecule has 0 saturated heterocycles. The van der Waals surface area contributed by atoms with Gasteiger partial charge in [-0.1, -0.05) is 41.5 Å². The van der Waals surface area contributed by atoms with Crippen LogP contribution in [0, 0.1) is 10.8 Å². The fraction of sp³-hybridized carbons (Fsp3) is 0.800. The summed E-state index contributed by atoms with van der Waals surface area (Å²) in [6.45, 7) is 12.5. The highest BCUT2D eigenvalue weighted by Gasteiger charge is 2.30. The fourth-order valence-corrected chi connectivity index (χ4v) is 1.75. The van der Waals surface area contributed by atoms with Crippen LogP contribution in [0.3, 0.4) is 0 Å². The van der Waals surface area contributed by atoms with Gasteiger partial charge >= 0.3 is 0 Å². The first kappa shape index (κ1) is 16.2. The summed E-state index contributed by atoms with van der Waals surface area (Å²) in [5.74, 6) is 0.174. The SMILES string of the molecule is CCC(C)(CC)C(=O)/C=C(\N)C(C)(CC)CC. The maximum absolute atomic E-state index is 12.3. The quantitative estimate of drug-likeness (QED) is 0.681. The molecule has 17 heavy (non-hydrogen) atoms. The van der Waals surface area contributed by atoms with E-state index < -0.39 is 0 Å². The van der Waals surface area contributed by atoms with E-state index >= 15 is 0 Å². The van der Waals surface area contributed by atoms with E-state index in [1.807, 2.05) is 6.92 Å². The van der Waals surface area contributed by atoms with Gasteiger partial charge in [-0.3, -0.25) is 4.79 Å². The number of carbonyl (C=O) groups excluding carboxylic acids is 1. The van der Waals surface area contributed by atoms with Crippen LogP contribution >= 0.6 is 0 Å². The van der Waals surface area contributed by atoms with Gasteiger partial charge in [-0.05, 0) is 25.7 Å². The molecule has 0 aromatic heterocycles. The Kier molecular flexibility index (Phi) is 5.94. The first-order valence-electron chi connectivity index (χ1n) is 6.81. The van der Waals surface area contributed by atoms with Crippen LogP contribution in [0.4, 0.5) is 0 Å². The summed E-state index contributed by atoms with van der Waals surface area (Å²) in [7, 11) is 0. The number of allylic oxidation sites excluding steroid dienone is 2. The van der Waals surface area contributed by atoms with Crippen molar-refractivity contribution < 1.29 is 4.79 Å². The minimum atomic E-state index is -0.257. The predicted octanol–water partition coefficient (Wildman–Crippen LogP) is 4.05. The summed E-state index contributed by atoms with van der Waals surface area (Å²) in [4.78, 5) is 12.3. The van der Waals surface area contributed by atoms with E-state index in [2.05, 4.69) is 34.6 Å². The molecule has 0 amide bonds. The molecule has 100 valence electrons. The molecule has 0 radical (unpaired) electrons. The van der Waals surface area contributed by atoms with Crippen LogP contribution in [-0.4, -0.2) is 5.78 Å². The Bertz CT molecular complexity index is 283. The Hall–Kier alpha value is -0.790. The van der Waals surface area contributed by atoms with Crippen molar-refractivity contribution >= 4 is 5.78 Å². The lowest BCUT2D eigenvalue weighted by molar-refractivity contribution is -0.123. The molecule has 0 aromatic rings. The highest BCUT2D eigenvalue weighted by atomic mass is 16.1. The van der Waals surface area contributed by atoms with Crippen LogP contribution in [0.5, 0.6) is 0 Å². The van der Waals surface area contributed by atoms with Crippen molar-refractivity contribution in [1.82, 2.24) is 0 Å². The number of hydrogen-bond acceptors (Lipinski definition) is 2. The van der Waals surface area contributed by atoms with Crippen LogP contribution in [0.25, 0.3) is 0 Å². The molecule has 0 aliphatic rings. The minimum absolute atomic E-state index is 0.0436. The van der Waals surface area contributed by atoms with E-state index in [1.54, 1.807) is 6.08 Å². The first-order chi connectivity index (χ1) is 7.79. The van der Waals surface area contributed by atoms with Crippen molar-refractivity contribution in [3.63, 3.8) is 0 Å². The number of hydrogen-bond donors (Lipinski definition) is 1. The van der Waals surface area contributed by atoms with Crippen molar-refractivity contribution in [2.75, 3.05) is 0 Å². The Morgan fingerprint density at radius 3 is 1.59 bits per heavy atom. The highest BCUT2D eigenvalue weighted by Crippen LogP contribution is 2.33. The number of rotatable bonds is 7. The zero-order valence-corrected chi connectivity index (χ0v) is 12.4. The lowest BCUT2D eigenvalue weighted by atomic mass is 9.76. The van der Waals surface area contributed by atoms with E-state index in [-0.39, 0.29) is 16.6 Å². The molecule has 0 aliphatic carbocycles. The van der Waals surface area contributed by atoms with Crippen molar-refractivity contribution in [2.45, 2.75) is 67.2 Å². The van der Waals surface area contributed by atoms with Crippen molar-refractivity contribution in [2.24, 2.45) is 16.6 Å². The van der Waals surface area contributed by atoms with Gasteiger partial charge in [-0.15, -0.1) is 0 Å². The number of carbonyl (C=O) groups is 1. The summed E-state index contributed by atoms with van der Waals surface area (Å²) < 4.78 is 0. The van der Waals surface area contributed by atoms with Gasteiger partial charge in [-0.25, -0.2) is 0 Å². The fourth-order valence-electron chi connectivity index (χ4n) is 1.75. The number of ketones is 1. The monoisotopic (exact) mass is 239 g/mol. The minimum Gasteiger partial charge on any atom is -0.401 e. The molecule has 0 fully saturated rings. The normalized spacial score (nSPS) is 13.9. The van der Waals surface area contributed by atoms with Gasteiger partial charge in [0, 0.05) is 22.6 Å². The van der Waals surface area contributed by atoms with Crippen LogP contribution in [-0.2, 0) is 4.79 Å². The van der Waals surface area contributed by atoms with Gasteiger partial charge in [0.1, 0.15) is 0 Å². The smallest absolute Gasteiger partial charge is 0.163 e. The molecule has 0 aromatic carbocycles. The molecule has 0 aliphatic heterocycles. The average Bonchev–Trinajstić information content (AvgIpc) is 2.36. The zero-order valence-electron chi connectivity index (χ0n) is 12.4. The van der Waals surface area contributed by atoms with Crippen molar-refractivity contribution in [1.29, 1.82) is 0 Å². The zero-order chi connectivity index (χ0) is 13.7. The molecule has 0 spiro atoms. The van der Waals surface area contributed by atoms with Gasteiger partial charge in [-0.2, -0.15) is 0 Å². The van der Waals surface area contributed by atoms with Crippen molar-refractivity contribution in [3.8, 4) is 0 Å². The molecular weight excluding hydrogens is 210 g/mol.